The minimum Gasteiger partial charge on any atom is -0.383 e. The number of nitrogens with zero attached hydrogens (tertiary/aromatic N) is 2. The Hall–Kier alpha value is -1.96. The van der Waals surface area contributed by atoms with Gasteiger partial charge in [0.2, 0.25) is 0 Å². The van der Waals surface area contributed by atoms with Crippen LogP contribution in [-0.4, -0.2) is 4.98 Å². The van der Waals surface area contributed by atoms with Crippen LogP contribution in [0.5, 0.6) is 0 Å². The van der Waals surface area contributed by atoms with Gasteiger partial charge in [0.1, 0.15) is 17.5 Å². The Balaban J connectivity index is 2.37. The van der Waals surface area contributed by atoms with Crippen LogP contribution in [0.25, 0.3) is 22.4 Å². The van der Waals surface area contributed by atoms with Crippen molar-refractivity contribution in [1.82, 2.24) is 4.98 Å². The molecule has 0 saturated carbocycles. The number of benzene rings is 2. The van der Waals surface area contributed by atoms with E-state index < -0.39 is 0 Å². The third kappa shape index (κ3) is 3.34. The molecular formula is C19H11Cl4N3. The van der Waals surface area contributed by atoms with Crippen LogP contribution in [0.15, 0.2) is 36.4 Å². The molecule has 0 aliphatic heterocycles. The Morgan fingerprint density at radius 2 is 1.46 bits per heavy atom. The van der Waals surface area contributed by atoms with Crippen molar-refractivity contribution < 1.29 is 0 Å². The molecule has 0 saturated heterocycles. The fraction of sp³-hybridized carbons (Fsp3) is 0.0526. The number of nitriles is 1. The summed E-state index contributed by atoms with van der Waals surface area (Å²) in [4.78, 5) is 4.40. The predicted molar refractivity (Wildman–Crippen MR) is 109 cm³/mol. The number of pyridine rings is 1. The minimum absolute atomic E-state index is 0.0973. The number of aromatic nitrogens is 1. The van der Waals surface area contributed by atoms with E-state index in [9.17, 15) is 5.26 Å². The topological polar surface area (TPSA) is 62.7 Å². The number of nitrogen functional groups attached to an aromatic ring is 1. The maximum absolute atomic E-state index is 9.60. The quantitative estimate of drug-likeness (QED) is 0.494. The summed E-state index contributed by atoms with van der Waals surface area (Å²) in [6.07, 6.45) is 0. The van der Waals surface area contributed by atoms with Gasteiger partial charge in [-0.2, -0.15) is 5.26 Å². The second kappa shape index (κ2) is 7.34. The molecule has 0 spiro atoms. The van der Waals surface area contributed by atoms with Crippen LogP contribution >= 0.6 is 46.4 Å². The van der Waals surface area contributed by atoms with Crippen LogP contribution in [0.4, 0.5) is 5.82 Å². The normalized spacial score (nSPS) is 10.6. The van der Waals surface area contributed by atoms with E-state index in [-0.39, 0.29) is 11.4 Å². The van der Waals surface area contributed by atoms with Gasteiger partial charge in [-0.1, -0.05) is 52.5 Å². The molecule has 0 atom stereocenters. The van der Waals surface area contributed by atoms with Gasteiger partial charge >= 0.3 is 0 Å². The van der Waals surface area contributed by atoms with Gasteiger partial charge in [0.25, 0.3) is 0 Å². The van der Waals surface area contributed by atoms with Gasteiger partial charge in [-0.25, -0.2) is 4.98 Å². The Kier molecular flexibility index (Phi) is 5.32. The lowest BCUT2D eigenvalue weighted by Crippen LogP contribution is -2.03. The highest BCUT2D eigenvalue weighted by molar-refractivity contribution is 6.37. The second-order valence-corrected chi connectivity index (χ2v) is 7.27. The molecule has 0 fully saturated rings. The molecule has 2 aromatic carbocycles. The molecule has 0 unspecified atom stereocenters. The van der Waals surface area contributed by atoms with E-state index in [0.29, 0.717) is 42.5 Å². The summed E-state index contributed by atoms with van der Waals surface area (Å²) < 4.78 is 0. The van der Waals surface area contributed by atoms with Crippen LogP contribution in [0.2, 0.25) is 20.1 Å². The van der Waals surface area contributed by atoms with Crippen molar-refractivity contribution in [3.05, 3.63) is 67.6 Å². The van der Waals surface area contributed by atoms with Gasteiger partial charge in [0, 0.05) is 31.8 Å². The summed E-state index contributed by atoms with van der Waals surface area (Å²) in [6, 6.07) is 12.3. The molecule has 3 nitrogen and oxygen atoms in total. The lowest BCUT2D eigenvalue weighted by atomic mass is 9.92. The summed E-state index contributed by atoms with van der Waals surface area (Å²) in [7, 11) is 0. The van der Waals surface area contributed by atoms with Crippen molar-refractivity contribution >= 4 is 52.2 Å². The molecule has 1 aromatic heterocycles. The number of nitrogens with two attached hydrogens (primary N) is 1. The highest BCUT2D eigenvalue weighted by Gasteiger charge is 2.21. The van der Waals surface area contributed by atoms with Crippen LogP contribution < -0.4 is 5.73 Å². The molecule has 0 bridgehead atoms. The maximum atomic E-state index is 9.60. The van der Waals surface area contributed by atoms with E-state index in [1.165, 1.54) is 0 Å². The van der Waals surface area contributed by atoms with E-state index >= 15 is 0 Å². The predicted octanol–water partition coefficient (Wildman–Crippen LogP) is 6.79. The molecule has 130 valence electrons. The third-order valence-electron chi connectivity index (χ3n) is 3.97. The smallest absolute Gasteiger partial charge is 0.142 e. The zero-order valence-corrected chi connectivity index (χ0v) is 16.5. The van der Waals surface area contributed by atoms with Crippen molar-refractivity contribution in [3.8, 4) is 28.5 Å². The number of hydrogen-bond acceptors (Lipinski definition) is 3. The molecule has 7 heteroatoms. The highest BCUT2D eigenvalue weighted by atomic mass is 35.5. The fourth-order valence-electron chi connectivity index (χ4n) is 2.78. The first-order valence-corrected chi connectivity index (χ1v) is 8.95. The molecule has 0 amide bonds. The lowest BCUT2D eigenvalue weighted by molar-refractivity contribution is 1.26. The van der Waals surface area contributed by atoms with Crippen molar-refractivity contribution in [2.45, 2.75) is 6.92 Å². The Morgan fingerprint density at radius 3 is 1.96 bits per heavy atom. The second-order valence-electron chi connectivity index (χ2n) is 5.58. The van der Waals surface area contributed by atoms with Gasteiger partial charge in [-0.05, 0) is 42.8 Å². The molecule has 0 aliphatic carbocycles. The number of halogens is 4. The summed E-state index contributed by atoms with van der Waals surface area (Å²) >= 11 is 24.7. The van der Waals surface area contributed by atoms with Gasteiger partial charge < -0.3 is 5.73 Å². The van der Waals surface area contributed by atoms with E-state index in [0.717, 1.165) is 5.56 Å². The number of anilines is 1. The molecule has 1 heterocycles. The first-order chi connectivity index (χ1) is 12.3. The lowest BCUT2D eigenvalue weighted by Gasteiger charge is -2.17. The summed E-state index contributed by atoms with van der Waals surface area (Å²) in [6.45, 7) is 1.84. The van der Waals surface area contributed by atoms with E-state index in [2.05, 4.69) is 11.1 Å². The summed E-state index contributed by atoms with van der Waals surface area (Å²) in [5.74, 6) is 0.0973. The van der Waals surface area contributed by atoms with Gasteiger partial charge in [0.15, 0.2) is 0 Å². The SMILES string of the molecule is Cc1c(-c2ccc(Cl)cc2Cl)nc(N)c(C#N)c1-c1ccc(Cl)cc1Cl. The Morgan fingerprint density at radius 1 is 0.923 bits per heavy atom. The van der Waals surface area contributed by atoms with Crippen LogP contribution in [0.1, 0.15) is 11.1 Å². The molecule has 0 aliphatic rings. The highest BCUT2D eigenvalue weighted by Crippen LogP contribution is 2.41. The number of hydrogen-bond donors (Lipinski definition) is 1. The van der Waals surface area contributed by atoms with Crippen molar-refractivity contribution in [2.24, 2.45) is 0 Å². The molecule has 0 radical (unpaired) electrons. The summed E-state index contributed by atoms with van der Waals surface area (Å²) in [5, 5.41) is 11.5. The molecular weight excluding hydrogens is 412 g/mol. The molecule has 2 N–H and O–H groups in total. The molecule has 26 heavy (non-hydrogen) atoms. The van der Waals surface area contributed by atoms with Crippen molar-refractivity contribution in [3.63, 3.8) is 0 Å². The third-order valence-corrected chi connectivity index (χ3v) is 5.06. The van der Waals surface area contributed by atoms with Crippen molar-refractivity contribution in [1.29, 1.82) is 5.26 Å². The minimum atomic E-state index is 0.0973. The number of rotatable bonds is 2. The van der Waals surface area contributed by atoms with Gasteiger partial charge in [0.05, 0.1) is 10.7 Å². The Bertz CT molecular complexity index is 1070. The van der Waals surface area contributed by atoms with E-state index in [1.807, 2.05) is 6.92 Å². The zero-order valence-electron chi connectivity index (χ0n) is 13.4. The maximum Gasteiger partial charge on any atom is 0.142 e. The molecule has 3 aromatic rings. The fourth-order valence-corrected chi connectivity index (χ4v) is 3.78. The molecule has 3 rings (SSSR count). The largest absolute Gasteiger partial charge is 0.383 e. The average Bonchev–Trinajstić information content (AvgIpc) is 2.57. The van der Waals surface area contributed by atoms with Crippen molar-refractivity contribution in [2.75, 3.05) is 5.73 Å². The van der Waals surface area contributed by atoms with E-state index in [1.54, 1.807) is 36.4 Å². The van der Waals surface area contributed by atoms with E-state index in [4.69, 9.17) is 52.1 Å². The van der Waals surface area contributed by atoms with Gasteiger partial charge in [-0.3, -0.25) is 0 Å². The van der Waals surface area contributed by atoms with Gasteiger partial charge in [-0.15, -0.1) is 0 Å². The standard InChI is InChI=1S/C19H11Cl4N3/c1-9-17(12-4-2-10(20)6-15(12)22)14(8-24)19(25)26-18(9)13-5-3-11(21)7-16(13)23/h2-7H,1H3,(H2,25,26). The van der Waals surface area contributed by atoms with Crippen LogP contribution in [0, 0.1) is 18.3 Å². The average molecular weight is 423 g/mol. The van der Waals surface area contributed by atoms with Crippen LogP contribution in [0.3, 0.4) is 0 Å². The van der Waals surface area contributed by atoms with Crippen LogP contribution in [-0.2, 0) is 0 Å². The first kappa shape index (κ1) is 18.8. The zero-order chi connectivity index (χ0) is 19.0. The summed E-state index contributed by atoms with van der Waals surface area (Å²) in [5.41, 5.74) is 9.51. The first-order valence-electron chi connectivity index (χ1n) is 7.44. The Labute approximate surface area is 170 Å². The monoisotopic (exact) mass is 421 g/mol.